The predicted octanol–water partition coefficient (Wildman–Crippen LogP) is -0.00186. The molecule has 3 rings (SSSR count). The van der Waals surface area contributed by atoms with E-state index < -0.39 is 10.2 Å². The molecule has 1 aromatic heterocycles. The number of carbonyl (C=O) groups excluding carboxylic acids is 1. The van der Waals surface area contributed by atoms with Crippen LogP contribution in [0.1, 0.15) is 25.2 Å². The third-order valence-corrected chi connectivity index (χ3v) is 6.99. The van der Waals surface area contributed by atoms with Crippen molar-refractivity contribution in [3.05, 3.63) is 17.5 Å². The van der Waals surface area contributed by atoms with E-state index in [2.05, 4.69) is 5.10 Å². The van der Waals surface area contributed by atoms with Crippen LogP contribution in [0, 0.1) is 13.8 Å². The van der Waals surface area contributed by atoms with Gasteiger partial charge in [-0.25, -0.2) is 0 Å². The minimum atomic E-state index is -3.53. The Bertz CT molecular complexity index is 775. The normalized spacial score (nSPS) is 25.7. The van der Waals surface area contributed by atoms with Gasteiger partial charge in [0, 0.05) is 45.0 Å². The third-order valence-electron chi connectivity index (χ3n) is 5.02. The molecule has 10 heteroatoms. The van der Waals surface area contributed by atoms with Crippen molar-refractivity contribution in [1.82, 2.24) is 23.3 Å². The number of aromatic nitrogens is 2. The Balaban J connectivity index is 1.58. The van der Waals surface area contributed by atoms with Crippen molar-refractivity contribution in [3.63, 3.8) is 0 Å². The SMILES string of the molecule is Cc1cc(C)n(CC(=O)N2CCN(S(=O)(=O)N3CC(C)OC(C)C3)CC2)n1. The van der Waals surface area contributed by atoms with Crippen LogP contribution in [0.3, 0.4) is 0 Å². The molecule has 2 fully saturated rings. The number of amides is 1. The van der Waals surface area contributed by atoms with Gasteiger partial charge in [-0.05, 0) is 33.8 Å². The third kappa shape index (κ3) is 4.50. The molecule has 2 aliphatic heterocycles. The van der Waals surface area contributed by atoms with Crippen LogP contribution in [-0.4, -0.2) is 89.1 Å². The van der Waals surface area contributed by atoms with Gasteiger partial charge in [0.25, 0.3) is 10.2 Å². The van der Waals surface area contributed by atoms with E-state index in [9.17, 15) is 13.2 Å². The lowest BCUT2D eigenvalue weighted by molar-refractivity contribution is -0.133. The summed E-state index contributed by atoms with van der Waals surface area (Å²) in [5.74, 6) is -0.0353. The summed E-state index contributed by atoms with van der Waals surface area (Å²) >= 11 is 0. The Hall–Kier alpha value is -1.49. The maximum Gasteiger partial charge on any atom is 0.282 e. The van der Waals surface area contributed by atoms with E-state index in [4.69, 9.17) is 4.74 Å². The highest BCUT2D eigenvalue weighted by atomic mass is 32.2. The number of carbonyl (C=O) groups is 1. The monoisotopic (exact) mass is 399 g/mol. The Morgan fingerprint density at radius 2 is 1.70 bits per heavy atom. The minimum absolute atomic E-state index is 0.0353. The van der Waals surface area contributed by atoms with Gasteiger partial charge >= 0.3 is 0 Å². The quantitative estimate of drug-likeness (QED) is 0.711. The van der Waals surface area contributed by atoms with Gasteiger partial charge < -0.3 is 9.64 Å². The molecular weight excluding hydrogens is 370 g/mol. The second-order valence-corrected chi connectivity index (χ2v) is 9.38. The smallest absolute Gasteiger partial charge is 0.282 e. The maximum absolute atomic E-state index is 12.9. The summed E-state index contributed by atoms with van der Waals surface area (Å²) in [5.41, 5.74) is 1.82. The van der Waals surface area contributed by atoms with Crippen LogP contribution in [0.25, 0.3) is 0 Å². The van der Waals surface area contributed by atoms with Crippen LogP contribution in [0.5, 0.6) is 0 Å². The molecule has 2 atom stereocenters. The first kappa shape index (κ1) is 20.2. The van der Waals surface area contributed by atoms with Crippen LogP contribution < -0.4 is 0 Å². The molecule has 2 saturated heterocycles. The highest BCUT2D eigenvalue weighted by Gasteiger charge is 2.37. The molecule has 0 radical (unpaired) electrons. The van der Waals surface area contributed by atoms with Crippen molar-refractivity contribution in [2.75, 3.05) is 39.3 Å². The molecule has 0 aromatic carbocycles. The van der Waals surface area contributed by atoms with Gasteiger partial charge in [-0.2, -0.15) is 22.1 Å². The first-order valence-electron chi connectivity index (χ1n) is 9.36. The van der Waals surface area contributed by atoms with E-state index in [1.807, 2.05) is 33.8 Å². The van der Waals surface area contributed by atoms with E-state index in [-0.39, 0.29) is 24.7 Å². The number of hydrogen-bond donors (Lipinski definition) is 0. The molecule has 152 valence electrons. The number of aryl methyl sites for hydroxylation is 2. The number of ether oxygens (including phenoxy) is 1. The fourth-order valence-electron chi connectivity index (χ4n) is 3.71. The number of hydrogen-bond acceptors (Lipinski definition) is 5. The Kier molecular flexibility index (Phi) is 5.90. The van der Waals surface area contributed by atoms with Crippen molar-refractivity contribution in [1.29, 1.82) is 0 Å². The molecule has 0 N–H and O–H groups in total. The van der Waals surface area contributed by atoms with Crippen LogP contribution in [0.2, 0.25) is 0 Å². The van der Waals surface area contributed by atoms with Gasteiger partial charge in [0.1, 0.15) is 6.54 Å². The number of morpholine rings is 1. The molecule has 0 spiro atoms. The standard InChI is InChI=1S/C17H29N5O4S/c1-13-9-14(2)22(18-13)12-17(23)19-5-7-20(8-6-19)27(24,25)21-10-15(3)26-16(4)11-21/h9,15-16H,5-8,10-12H2,1-4H3. The summed E-state index contributed by atoms with van der Waals surface area (Å²) in [5, 5.41) is 4.32. The maximum atomic E-state index is 12.9. The average molecular weight is 400 g/mol. The van der Waals surface area contributed by atoms with Gasteiger partial charge in [-0.1, -0.05) is 0 Å². The molecule has 0 aliphatic carbocycles. The molecule has 0 saturated carbocycles. The molecular formula is C17H29N5O4S. The lowest BCUT2D eigenvalue weighted by atomic mass is 10.3. The van der Waals surface area contributed by atoms with Gasteiger partial charge in [0.15, 0.2) is 0 Å². The second kappa shape index (κ2) is 7.86. The van der Waals surface area contributed by atoms with Crippen molar-refractivity contribution in [2.24, 2.45) is 0 Å². The van der Waals surface area contributed by atoms with Crippen molar-refractivity contribution < 1.29 is 17.9 Å². The Labute approximate surface area is 161 Å². The van der Waals surface area contributed by atoms with Gasteiger partial charge in [-0.15, -0.1) is 0 Å². The molecule has 9 nitrogen and oxygen atoms in total. The molecule has 0 bridgehead atoms. The van der Waals surface area contributed by atoms with Crippen molar-refractivity contribution >= 4 is 16.1 Å². The number of rotatable bonds is 4. The topological polar surface area (TPSA) is 88.0 Å². The zero-order chi connectivity index (χ0) is 19.8. The highest BCUT2D eigenvalue weighted by molar-refractivity contribution is 7.86. The molecule has 3 heterocycles. The summed E-state index contributed by atoms with van der Waals surface area (Å²) < 4.78 is 36.1. The van der Waals surface area contributed by atoms with Gasteiger partial charge in [0.05, 0.1) is 17.9 Å². The van der Waals surface area contributed by atoms with Crippen LogP contribution in [-0.2, 0) is 26.3 Å². The van der Waals surface area contributed by atoms with Crippen LogP contribution in [0.4, 0.5) is 0 Å². The summed E-state index contributed by atoms with van der Waals surface area (Å²) in [7, 11) is -3.53. The summed E-state index contributed by atoms with van der Waals surface area (Å²) in [6, 6.07) is 1.93. The second-order valence-electron chi connectivity index (χ2n) is 7.45. The highest BCUT2D eigenvalue weighted by Crippen LogP contribution is 2.19. The fourth-order valence-corrected chi connectivity index (χ4v) is 5.46. The lowest BCUT2D eigenvalue weighted by Crippen LogP contribution is -2.57. The van der Waals surface area contributed by atoms with E-state index in [0.717, 1.165) is 11.4 Å². The Morgan fingerprint density at radius 1 is 1.11 bits per heavy atom. The zero-order valence-corrected chi connectivity index (χ0v) is 17.3. The van der Waals surface area contributed by atoms with Crippen LogP contribution in [0.15, 0.2) is 6.07 Å². The number of nitrogens with zero attached hydrogens (tertiary/aromatic N) is 5. The molecule has 1 aromatic rings. The first-order valence-corrected chi connectivity index (χ1v) is 10.8. The lowest BCUT2D eigenvalue weighted by Gasteiger charge is -2.40. The molecule has 1 amide bonds. The summed E-state index contributed by atoms with van der Waals surface area (Å²) in [6.07, 6.45) is -0.237. The largest absolute Gasteiger partial charge is 0.373 e. The summed E-state index contributed by atoms with van der Waals surface area (Å²) in [4.78, 5) is 14.3. The van der Waals surface area contributed by atoms with Gasteiger partial charge in [-0.3, -0.25) is 9.48 Å². The molecule has 27 heavy (non-hydrogen) atoms. The van der Waals surface area contributed by atoms with Crippen LogP contribution >= 0.6 is 0 Å². The van der Waals surface area contributed by atoms with E-state index in [1.165, 1.54) is 8.61 Å². The average Bonchev–Trinajstić information content (AvgIpc) is 2.91. The first-order chi connectivity index (χ1) is 12.7. The van der Waals surface area contributed by atoms with Crippen molar-refractivity contribution in [3.8, 4) is 0 Å². The van der Waals surface area contributed by atoms with Gasteiger partial charge in [0.2, 0.25) is 5.91 Å². The van der Waals surface area contributed by atoms with E-state index in [0.29, 0.717) is 39.3 Å². The predicted molar refractivity (Wildman–Crippen MR) is 100 cm³/mol. The molecule has 2 aliphatic rings. The molecule has 2 unspecified atom stereocenters. The number of piperazine rings is 1. The minimum Gasteiger partial charge on any atom is -0.373 e. The van der Waals surface area contributed by atoms with E-state index in [1.54, 1.807) is 9.58 Å². The zero-order valence-electron chi connectivity index (χ0n) is 16.5. The van der Waals surface area contributed by atoms with E-state index >= 15 is 0 Å². The fraction of sp³-hybridized carbons (Fsp3) is 0.765. The summed E-state index contributed by atoms with van der Waals surface area (Å²) in [6.45, 7) is 9.91. The van der Waals surface area contributed by atoms with Crippen molar-refractivity contribution in [2.45, 2.75) is 46.4 Å². The Morgan fingerprint density at radius 3 is 2.22 bits per heavy atom.